The lowest BCUT2D eigenvalue weighted by atomic mass is 9.90. The second-order valence-electron chi connectivity index (χ2n) is 17.6. The van der Waals surface area contributed by atoms with Gasteiger partial charge in [-0.05, 0) is 93.4 Å². The van der Waals surface area contributed by atoms with E-state index in [1.807, 2.05) is 0 Å². The highest BCUT2D eigenvalue weighted by Crippen LogP contribution is 2.48. The molecule has 11 aromatic carbocycles. The van der Waals surface area contributed by atoms with Crippen LogP contribution in [-0.4, -0.2) is 9.13 Å². The summed E-state index contributed by atoms with van der Waals surface area (Å²) >= 11 is 0. The second-order valence-corrected chi connectivity index (χ2v) is 17.6. The van der Waals surface area contributed by atoms with Crippen molar-refractivity contribution in [2.24, 2.45) is 0 Å². The zero-order valence-corrected chi connectivity index (χ0v) is 36.4. The monoisotopic (exact) mass is 816 g/mol. The van der Waals surface area contributed by atoms with Crippen molar-refractivity contribution >= 4 is 86.4 Å². The minimum absolute atomic E-state index is 1.23. The fourth-order valence-corrected chi connectivity index (χ4v) is 11.4. The number of aromatic nitrogens is 2. The summed E-state index contributed by atoms with van der Waals surface area (Å²) in [4.78, 5) is 0. The first kappa shape index (κ1) is 36.7. The molecule has 2 heteroatoms. The average molecular weight is 817 g/mol. The van der Waals surface area contributed by atoms with Gasteiger partial charge in [-0.15, -0.1) is 0 Å². The van der Waals surface area contributed by atoms with Gasteiger partial charge in [-0.25, -0.2) is 0 Å². The first-order valence-corrected chi connectivity index (χ1v) is 22.5. The summed E-state index contributed by atoms with van der Waals surface area (Å²) < 4.78 is 5.17. The van der Waals surface area contributed by atoms with Gasteiger partial charge in [0.15, 0.2) is 0 Å². The van der Waals surface area contributed by atoms with Crippen molar-refractivity contribution in [2.45, 2.75) is 27.7 Å². The van der Waals surface area contributed by atoms with Crippen LogP contribution in [0.2, 0.25) is 0 Å². The Morgan fingerprint density at radius 3 is 0.828 bits per heavy atom. The molecule has 0 unspecified atom stereocenters. The highest BCUT2D eigenvalue weighted by atomic mass is 15.0. The van der Waals surface area contributed by atoms with Gasteiger partial charge in [0.05, 0.1) is 22.4 Å². The summed E-state index contributed by atoms with van der Waals surface area (Å²) in [5.74, 6) is 0. The van der Waals surface area contributed by atoms with Gasteiger partial charge in [-0.1, -0.05) is 194 Å². The summed E-state index contributed by atoms with van der Waals surface area (Å²) in [6.45, 7) is 9.19. The highest BCUT2D eigenvalue weighted by molar-refractivity contribution is 6.25. The van der Waals surface area contributed by atoms with E-state index in [4.69, 9.17) is 0 Å². The van der Waals surface area contributed by atoms with E-state index in [0.717, 1.165) is 0 Å². The molecule has 0 spiro atoms. The summed E-state index contributed by atoms with van der Waals surface area (Å²) in [5.41, 5.74) is 15.2. The number of aryl methyl sites for hydroxylation is 2. The Kier molecular flexibility index (Phi) is 7.90. The second kappa shape index (κ2) is 13.8. The van der Waals surface area contributed by atoms with E-state index in [1.165, 1.54) is 143 Å². The van der Waals surface area contributed by atoms with Crippen LogP contribution in [0.4, 0.5) is 0 Å². The van der Waals surface area contributed by atoms with Crippen LogP contribution in [0.15, 0.2) is 194 Å². The molecule has 13 rings (SSSR count). The number of hydrogen-bond acceptors (Lipinski definition) is 0. The molecular formula is C62H44N2. The van der Waals surface area contributed by atoms with Crippen LogP contribution in [0.3, 0.4) is 0 Å². The number of benzene rings is 11. The summed E-state index contributed by atoms with van der Waals surface area (Å²) in [6.07, 6.45) is 0. The standard InChI is InChI=1S/C62H44N2/c1-37-39(3)63(61-51-27-15-11-23-47(51)57(41-19-7-5-8-20-41)48-24-12-16-28-52(48)61)59-43(37)31-33-45-46-34-32-44-38(2)40(4)64(60(44)56(46)36-35-55(45)59)62-53-29-17-13-25-49(53)58(42-21-9-6-10-22-42)50-26-14-18-30-54(50)62/h5-36H,1-4H3. The zero-order chi connectivity index (χ0) is 42.8. The molecule has 2 heterocycles. The molecule has 0 saturated heterocycles. The largest absolute Gasteiger partial charge is 0.312 e. The number of rotatable bonds is 4. The van der Waals surface area contributed by atoms with Crippen molar-refractivity contribution < 1.29 is 0 Å². The maximum absolute atomic E-state index is 2.58. The third kappa shape index (κ3) is 4.97. The summed E-state index contributed by atoms with van der Waals surface area (Å²) in [6, 6.07) is 72.1. The molecule has 0 N–H and O–H groups in total. The number of fused-ring (bicyclic) bond motifs is 11. The first-order chi connectivity index (χ1) is 31.5. The highest BCUT2D eigenvalue weighted by Gasteiger charge is 2.25. The van der Waals surface area contributed by atoms with Crippen LogP contribution in [0, 0.1) is 27.7 Å². The van der Waals surface area contributed by atoms with Crippen molar-refractivity contribution in [3.05, 3.63) is 217 Å². The van der Waals surface area contributed by atoms with Gasteiger partial charge in [0, 0.05) is 54.5 Å². The lowest BCUT2D eigenvalue weighted by Gasteiger charge is -2.21. The molecule has 0 saturated carbocycles. The maximum Gasteiger partial charge on any atom is 0.0616 e. The average Bonchev–Trinajstić information content (AvgIpc) is 3.76. The third-order valence-corrected chi connectivity index (χ3v) is 14.5. The topological polar surface area (TPSA) is 9.86 Å². The molecule has 0 bridgehead atoms. The maximum atomic E-state index is 2.58. The minimum Gasteiger partial charge on any atom is -0.312 e. The van der Waals surface area contributed by atoms with Gasteiger partial charge in [-0.3, -0.25) is 0 Å². The molecule has 13 aromatic rings. The normalized spacial score (nSPS) is 12.1. The Morgan fingerprint density at radius 1 is 0.234 bits per heavy atom. The van der Waals surface area contributed by atoms with E-state index < -0.39 is 0 Å². The van der Waals surface area contributed by atoms with Crippen molar-refractivity contribution in [3.63, 3.8) is 0 Å². The molecule has 0 aliphatic rings. The lowest BCUT2D eigenvalue weighted by molar-refractivity contribution is 1.06. The Bertz CT molecular complexity index is 3710. The Hall–Kier alpha value is -7.94. The molecule has 302 valence electrons. The molecule has 0 aliphatic heterocycles. The molecule has 64 heavy (non-hydrogen) atoms. The fourth-order valence-electron chi connectivity index (χ4n) is 11.4. The van der Waals surface area contributed by atoms with Crippen LogP contribution in [0.25, 0.3) is 120 Å². The molecule has 0 amide bonds. The van der Waals surface area contributed by atoms with Crippen LogP contribution < -0.4 is 0 Å². The van der Waals surface area contributed by atoms with E-state index >= 15 is 0 Å². The molecule has 0 fully saturated rings. The Morgan fingerprint density at radius 2 is 0.500 bits per heavy atom. The van der Waals surface area contributed by atoms with E-state index in [9.17, 15) is 0 Å². The number of hydrogen-bond donors (Lipinski definition) is 0. The van der Waals surface area contributed by atoms with Gasteiger partial charge in [0.25, 0.3) is 0 Å². The summed E-state index contributed by atoms with van der Waals surface area (Å²) in [7, 11) is 0. The van der Waals surface area contributed by atoms with Gasteiger partial charge < -0.3 is 9.13 Å². The van der Waals surface area contributed by atoms with Gasteiger partial charge >= 0.3 is 0 Å². The SMILES string of the molecule is Cc1c(C)n(-c2c3ccccc3c(-c3ccccc3)c3ccccc23)c2c1ccc1c3ccc4c(C)c(C)n(-c5c6ccccc6c(-c6ccccc6)c6ccccc56)c4c3ccc12. The predicted octanol–water partition coefficient (Wildman–Crippen LogP) is 17.1. The van der Waals surface area contributed by atoms with Crippen LogP contribution >= 0.6 is 0 Å². The van der Waals surface area contributed by atoms with E-state index in [1.54, 1.807) is 0 Å². The lowest BCUT2D eigenvalue weighted by Crippen LogP contribution is -2.02. The van der Waals surface area contributed by atoms with E-state index in [2.05, 4.69) is 231 Å². The van der Waals surface area contributed by atoms with Crippen molar-refractivity contribution in [1.29, 1.82) is 0 Å². The Labute approximate surface area is 371 Å². The van der Waals surface area contributed by atoms with E-state index in [0.29, 0.717) is 0 Å². The van der Waals surface area contributed by atoms with E-state index in [-0.39, 0.29) is 0 Å². The predicted molar refractivity (Wildman–Crippen MR) is 275 cm³/mol. The van der Waals surface area contributed by atoms with Crippen LogP contribution in [0.5, 0.6) is 0 Å². The molecule has 0 atom stereocenters. The quantitative estimate of drug-likeness (QED) is 0.124. The smallest absolute Gasteiger partial charge is 0.0616 e. The van der Waals surface area contributed by atoms with Crippen molar-refractivity contribution in [3.8, 4) is 33.6 Å². The van der Waals surface area contributed by atoms with Crippen LogP contribution in [0.1, 0.15) is 22.5 Å². The molecule has 2 nitrogen and oxygen atoms in total. The molecule has 0 radical (unpaired) electrons. The Balaban J connectivity index is 1.14. The summed E-state index contributed by atoms with van der Waals surface area (Å²) in [5, 5.41) is 17.7. The van der Waals surface area contributed by atoms with Gasteiger partial charge in [-0.2, -0.15) is 0 Å². The molecule has 0 aliphatic carbocycles. The third-order valence-electron chi connectivity index (χ3n) is 14.5. The number of nitrogens with zero attached hydrogens (tertiary/aromatic N) is 2. The molecular weight excluding hydrogens is 773 g/mol. The van der Waals surface area contributed by atoms with Crippen LogP contribution in [-0.2, 0) is 0 Å². The first-order valence-electron chi connectivity index (χ1n) is 22.5. The van der Waals surface area contributed by atoms with Gasteiger partial charge in [0.1, 0.15) is 0 Å². The molecule has 2 aromatic heterocycles. The van der Waals surface area contributed by atoms with Gasteiger partial charge in [0.2, 0.25) is 0 Å². The minimum atomic E-state index is 1.23. The fraction of sp³-hybridized carbons (Fsp3) is 0.0645. The van der Waals surface area contributed by atoms with Crippen molar-refractivity contribution in [1.82, 2.24) is 9.13 Å². The zero-order valence-electron chi connectivity index (χ0n) is 36.4. The van der Waals surface area contributed by atoms with Crippen molar-refractivity contribution in [2.75, 3.05) is 0 Å².